The first-order valence-electron chi connectivity index (χ1n) is 12.3. The van der Waals surface area contributed by atoms with Crippen molar-refractivity contribution in [2.45, 2.75) is 45.3 Å². The van der Waals surface area contributed by atoms with Crippen LogP contribution in [-0.4, -0.2) is 72.6 Å². The van der Waals surface area contributed by atoms with E-state index in [1.807, 2.05) is 29.2 Å². The maximum absolute atomic E-state index is 13.7. The number of benzene rings is 2. The van der Waals surface area contributed by atoms with E-state index in [0.717, 1.165) is 55.8 Å². The second-order valence-corrected chi connectivity index (χ2v) is 9.26. The van der Waals surface area contributed by atoms with Gasteiger partial charge in [-0.05, 0) is 49.4 Å². The first-order chi connectivity index (χ1) is 16.5. The molecular weight excluding hydrogens is 464 g/mol. The van der Waals surface area contributed by atoms with Crippen LogP contribution in [0.5, 0.6) is 5.75 Å². The third-order valence-corrected chi connectivity index (χ3v) is 6.85. The predicted octanol–water partition coefficient (Wildman–Crippen LogP) is 3.83. The molecule has 1 N–H and O–H groups in total. The van der Waals surface area contributed by atoms with Crippen LogP contribution in [0.1, 0.15) is 36.0 Å². The summed E-state index contributed by atoms with van der Waals surface area (Å²) < 4.78 is 5.26. The van der Waals surface area contributed by atoms with Gasteiger partial charge in [-0.25, -0.2) is 4.79 Å². The molecule has 7 nitrogen and oxygen atoms in total. The van der Waals surface area contributed by atoms with Crippen LogP contribution in [0.15, 0.2) is 48.5 Å². The molecule has 8 heteroatoms. The van der Waals surface area contributed by atoms with E-state index in [0.29, 0.717) is 26.1 Å². The standard InChI is InChI=1S/C27H36N4O3.ClH/c1-21-6-8-23(9-7-21)20-31(26(32)19-22-10-12-24(34-2)13-11-22)25-5-3-4-15-29(25)17-18-30-16-14-28-27(30)33;/h6-13,25H,3-5,14-20H2,1-2H3,(H,28,33);1H. The van der Waals surface area contributed by atoms with E-state index in [1.165, 1.54) is 5.56 Å². The highest BCUT2D eigenvalue weighted by atomic mass is 35.5. The second kappa shape index (κ2) is 12.8. The Kier molecular flexibility index (Phi) is 9.81. The number of carbonyl (C=O) groups is 2. The van der Waals surface area contributed by atoms with Gasteiger partial charge in [0, 0.05) is 39.3 Å². The maximum Gasteiger partial charge on any atom is 0.317 e. The number of ether oxygens (including phenoxy) is 1. The number of nitrogens with one attached hydrogen (secondary N) is 1. The number of amides is 3. The summed E-state index contributed by atoms with van der Waals surface area (Å²) in [5.74, 6) is 0.915. The highest BCUT2D eigenvalue weighted by molar-refractivity contribution is 5.85. The zero-order valence-corrected chi connectivity index (χ0v) is 21.6. The van der Waals surface area contributed by atoms with Crippen LogP contribution in [-0.2, 0) is 17.8 Å². The van der Waals surface area contributed by atoms with Gasteiger partial charge in [0.2, 0.25) is 5.91 Å². The zero-order chi connectivity index (χ0) is 23.9. The van der Waals surface area contributed by atoms with Crippen LogP contribution < -0.4 is 10.1 Å². The number of piperidine rings is 1. The van der Waals surface area contributed by atoms with Crippen molar-refractivity contribution in [2.24, 2.45) is 0 Å². The molecule has 3 amide bonds. The number of likely N-dealkylation sites (tertiary alicyclic amines) is 1. The van der Waals surface area contributed by atoms with Gasteiger partial charge in [0.05, 0.1) is 19.7 Å². The number of nitrogens with zero attached hydrogens (tertiary/aromatic N) is 3. The van der Waals surface area contributed by atoms with E-state index < -0.39 is 0 Å². The Hall–Kier alpha value is -2.77. The van der Waals surface area contributed by atoms with Gasteiger partial charge in [0.15, 0.2) is 0 Å². The first kappa shape index (κ1) is 26.8. The lowest BCUT2D eigenvalue weighted by molar-refractivity contribution is -0.139. The largest absolute Gasteiger partial charge is 0.497 e. The smallest absolute Gasteiger partial charge is 0.317 e. The molecule has 190 valence electrons. The van der Waals surface area contributed by atoms with E-state index >= 15 is 0 Å². The Labute approximate surface area is 214 Å². The van der Waals surface area contributed by atoms with Crippen LogP contribution in [0.2, 0.25) is 0 Å². The van der Waals surface area contributed by atoms with Crippen molar-refractivity contribution >= 4 is 24.3 Å². The number of urea groups is 1. The fourth-order valence-electron chi connectivity index (χ4n) is 4.83. The molecule has 1 unspecified atom stereocenters. The van der Waals surface area contributed by atoms with Gasteiger partial charge in [-0.15, -0.1) is 12.4 Å². The molecule has 2 heterocycles. The number of hydrogen-bond donors (Lipinski definition) is 1. The third kappa shape index (κ3) is 7.12. The number of carbonyl (C=O) groups excluding carboxylic acids is 2. The van der Waals surface area contributed by atoms with E-state index in [-0.39, 0.29) is 30.5 Å². The molecule has 2 fully saturated rings. The average molecular weight is 501 g/mol. The van der Waals surface area contributed by atoms with Gasteiger partial charge in [-0.3, -0.25) is 9.69 Å². The van der Waals surface area contributed by atoms with Crippen molar-refractivity contribution in [3.8, 4) is 5.75 Å². The summed E-state index contributed by atoms with van der Waals surface area (Å²) in [6.45, 7) is 6.53. The van der Waals surface area contributed by atoms with Crippen LogP contribution in [0, 0.1) is 6.92 Å². The molecule has 4 rings (SSSR count). The molecule has 2 aliphatic heterocycles. The number of halogens is 1. The molecule has 2 saturated heterocycles. The Morgan fingerprint density at radius 3 is 2.40 bits per heavy atom. The molecule has 0 aromatic heterocycles. The lowest BCUT2D eigenvalue weighted by Crippen LogP contribution is -2.54. The third-order valence-electron chi connectivity index (χ3n) is 6.85. The average Bonchev–Trinajstić information content (AvgIpc) is 3.27. The van der Waals surface area contributed by atoms with Gasteiger partial charge in [0.1, 0.15) is 5.75 Å². The molecule has 35 heavy (non-hydrogen) atoms. The fourth-order valence-corrected chi connectivity index (χ4v) is 4.83. The molecule has 0 aliphatic carbocycles. The molecule has 0 bridgehead atoms. The summed E-state index contributed by atoms with van der Waals surface area (Å²) in [4.78, 5) is 32.0. The minimum Gasteiger partial charge on any atom is -0.497 e. The summed E-state index contributed by atoms with van der Waals surface area (Å²) >= 11 is 0. The number of rotatable bonds is 9. The van der Waals surface area contributed by atoms with E-state index in [4.69, 9.17) is 4.74 Å². The Morgan fingerprint density at radius 1 is 1.03 bits per heavy atom. The molecular formula is C27H37ClN4O3. The molecule has 2 aliphatic rings. The summed E-state index contributed by atoms with van der Waals surface area (Å²) in [5.41, 5.74) is 3.33. The SMILES string of the molecule is COc1ccc(CC(=O)N(Cc2ccc(C)cc2)C2CCCCN2CCN2CCNC2=O)cc1.Cl. The maximum atomic E-state index is 13.7. The fraction of sp³-hybridized carbons (Fsp3) is 0.481. The normalized spacial score (nSPS) is 18.1. The van der Waals surface area contributed by atoms with Crippen LogP contribution >= 0.6 is 12.4 Å². The van der Waals surface area contributed by atoms with Gasteiger partial charge < -0.3 is 19.9 Å². The molecule has 1 atom stereocenters. The Bertz CT molecular complexity index is 967. The summed E-state index contributed by atoms with van der Waals surface area (Å²) in [6, 6.07) is 16.2. The van der Waals surface area contributed by atoms with Gasteiger partial charge in [0.25, 0.3) is 0 Å². The summed E-state index contributed by atoms with van der Waals surface area (Å²) in [7, 11) is 1.65. The highest BCUT2D eigenvalue weighted by Crippen LogP contribution is 2.24. The quantitative estimate of drug-likeness (QED) is 0.568. The van der Waals surface area contributed by atoms with Crippen molar-refractivity contribution in [2.75, 3.05) is 39.8 Å². The van der Waals surface area contributed by atoms with Crippen molar-refractivity contribution in [1.82, 2.24) is 20.0 Å². The minimum absolute atomic E-state index is 0. The first-order valence-corrected chi connectivity index (χ1v) is 12.3. The number of aryl methyl sites for hydroxylation is 1. The predicted molar refractivity (Wildman–Crippen MR) is 140 cm³/mol. The van der Waals surface area contributed by atoms with Gasteiger partial charge in [-0.2, -0.15) is 0 Å². The van der Waals surface area contributed by atoms with Gasteiger partial charge in [-0.1, -0.05) is 42.0 Å². The number of hydrogen-bond acceptors (Lipinski definition) is 4. The second-order valence-electron chi connectivity index (χ2n) is 9.26. The lowest BCUT2D eigenvalue weighted by atomic mass is 10.0. The highest BCUT2D eigenvalue weighted by Gasteiger charge is 2.32. The van der Waals surface area contributed by atoms with E-state index in [9.17, 15) is 9.59 Å². The topological polar surface area (TPSA) is 65.1 Å². The molecule has 0 radical (unpaired) electrons. The number of methoxy groups -OCH3 is 1. The Morgan fingerprint density at radius 2 is 1.74 bits per heavy atom. The molecule has 2 aromatic carbocycles. The lowest BCUT2D eigenvalue weighted by Gasteiger charge is -2.43. The summed E-state index contributed by atoms with van der Waals surface area (Å²) in [6.07, 6.45) is 3.56. The van der Waals surface area contributed by atoms with Crippen molar-refractivity contribution in [3.05, 3.63) is 65.2 Å². The monoisotopic (exact) mass is 500 g/mol. The van der Waals surface area contributed by atoms with E-state index in [1.54, 1.807) is 7.11 Å². The van der Waals surface area contributed by atoms with E-state index in [2.05, 4.69) is 46.3 Å². The van der Waals surface area contributed by atoms with Crippen molar-refractivity contribution < 1.29 is 14.3 Å². The van der Waals surface area contributed by atoms with Crippen LogP contribution in [0.4, 0.5) is 4.79 Å². The minimum atomic E-state index is 0. The Balaban J connectivity index is 0.00000342. The van der Waals surface area contributed by atoms with Crippen LogP contribution in [0.25, 0.3) is 0 Å². The molecule has 2 aromatic rings. The van der Waals surface area contributed by atoms with Crippen LogP contribution in [0.3, 0.4) is 0 Å². The van der Waals surface area contributed by atoms with Crippen molar-refractivity contribution in [3.63, 3.8) is 0 Å². The van der Waals surface area contributed by atoms with Crippen molar-refractivity contribution in [1.29, 1.82) is 0 Å². The van der Waals surface area contributed by atoms with Gasteiger partial charge >= 0.3 is 6.03 Å². The molecule has 0 spiro atoms. The zero-order valence-electron chi connectivity index (χ0n) is 20.7. The summed E-state index contributed by atoms with van der Waals surface area (Å²) in [5, 5.41) is 2.88. The molecule has 0 saturated carbocycles.